The van der Waals surface area contributed by atoms with E-state index in [9.17, 15) is 0 Å². The van der Waals surface area contributed by atoms with E-state index >= 15 is 0 Å². The van der Waals surface area contributed by atoms with Crippen LogP contribution >= 0.6 is 27.5 Å². The molecule has 2 N–H and O–H groups in total. The first-order valence-electron chi connectivity index (χ1n) is 3.79. The van der Waals surface area contributed by atoms with Gasteiger partial charge in [-0.1, -0.05) is 33.6 Å². The second-order valence-corrected chi connectivity index (χ2v) is 4.14. The summed E-state index contributed by atoms with van der Waals surface area (Å²) in [6.07, 6.45) is 0.806. The van der Waals surface area contributed by atoms with Gasteiger partial charge in [0.1, 0.15) is 0 Å². The van der Waals surface area contributed by atoms with Crippen molar-refractivity contribution in [2.24, 2.45) is 5.73 Å². The third-order valence-corrected chi connectivity index (χ3v) is 2.68. The van der Waals surface area contributed by atoms with Crippen LogP contribution in [0.1, 0.15) is 12.5 Å². The lowest BCUT2D eigenvalue weighted by molar-refractivity contribution is 0.736. The highest BCUT2D eigenvalue weighted by molar-refractivity contribution is 9.10. The molecule has 3 heteroatoms. The van der Waals surface area contributed by atoms with Crippen molar-refractivity contribution >= 4 is 27.5 Å². The summed E-state index contributed by atoms with van der Waals surface area (Å²) >= 11 is 9.42. The van der Waals surface area contributed by atoms with Gasteiger partial charge in [0.2, 0.25) is 0 Å². The van der Waals surface area contributed by atoms with Crippen LogP contribution in [-0.2, 0) is 6.42 Å². The van der Waals surface area contributed by atoms with Crippen molar-refractivity contribution in [1.29, 1.82) is 0 Å². The van der Waals surface area contributed by atoms with Crippen LogP contribution in [0.4, 0.5) is 0 Å². The van der Waals surface area contributed by atoms with Crippen molar-refractivity contribution in [3.63, 3.8) is 0 Å². The Labute approximate surface area is 86.0 Å². The third kappa shape index (κ3) is 2.47. The van der Waals surface area contributed by atoms with E-state index in [0.29, 0.717) is 0 Å². The minimum atomic E-state index is 0.140. The standard InChI is InChI=1S/C9H11BrClN/c1-6(12)5-7-8(10)3-2-4-9(7)11/h2-4,6H,5,12H2,1H3. The molecule has 0 saturated carbocycles. The summed E-state index contributed by atoms with van der Waals surface area (Å²) in [5.74, 6) is 0. The maximum absolute atomic E-state index is 5.99. The molecular weight excluding hydrogens is 237 g/mol. The molecule has 0 heterocycles. The van der Waals surface area contributed by atoms with Crippen molar-refractivity contribution < 1.29 is 0 Å². The molecule has 0 bridgehead atoms. The topological polar surface area (TPSA) is 26.0 Å². The average Bonchev–Trinajstić information content (AvgIpc) is 1.97. The first-order chi connectivity index (χ1) is 5.61. The lowest BCUT2D eigenvalue weighted by Gasteiger charge is -2.08. The Bertz CT molecular complexity index is 253. The van der Waals surface area contributed by atoms with Gasteiger partial charge in [0.05, 0.1) is 0 Å². The van der Waals surface area contributed by atoms with Crippen LogP contribution in [-0.4, -0.2) is 6.04 Å². The van der Waals surface area contributed by atoms with Crippen LogP contribution in [0.2, 0.25) is 5.02 Å². The van der Waals surface area contributed by atoms with Gasteiger partial charge in [-0.2, -0.15) is 0 Å². The Balaban J connectivity index is 2.96. The van der Waals surface area contributed by atoms with Gasteiger partial charge < -0.3 is 5.73 Å². The summed E-state index contributed by atoms with van der Waals surface area (Å²) in [5.41, 5.74) is 6.77. The summed E-state index contributed by atoms with van der Waals surface area (Å²) in [7, 11) is 0. The van der Waals surface area contributed by atoms with E-state index in [1.807, 2.05) is 25.1 Å². The highest BCUT2D eigenvalue weighted by Gasteiger charge is 2.06. The minimum absolute atomic E-state index is 0.140. The first kappa shape index (κ1) is 10.0. The fourth-order valence-corrected chi connectivity index (χ4v) is 1.94. The van der Waals surface area contributed by atoms with E-state index in [1.54, 1.807) is 0 Å². The molecule has 0 radical (unpaired) electrons. The molecule has 0 amide bonds. The summed E-state index contributed by atoms with van der Waals surface area (Å²) in [4.78, 5) is 0. The fourth-order valence-electron chi connectivity index (χ4n) is 1.05. The molecule has 0 aliphatic rings. The number of benzene rings is 1. The quantitative estimate of drug-likeness (QED) is 0.855. The lowest BCUT2D eigenvalue weighted by atomic mass is 10.1. The molecule has 1 nitrogen and oxygen atoms in total. The van der Waals surface area contributed by atoms with Gasteiger partial charge in [0, 0.05) is 15.5 Å². The van der Waals surface area contributed by atoms with Crippen LogP contribution in [0.25, 0.3) is 0 Å². The van der Waals surface area contributed by atoms with Crippen LogP contribution in [0.5, 0.6) is 0 Å². The van der Waals surface area contributed by atoms with Crippen molar-refractivity contribution in [2.45, 2.75) is 19.4 Å². The highest BCUT2D eigenvalue weighted by atomic mass is 79.9. The van der Waals surface area contributed by atoms with E-state index in [1.165, 1.54) is 0 Å². The number of rotatable bonds is 2. The number of halogens is 2. The van der Waals surface area contributed by atoms with E-state index in [-0.39, 0.29) is 6.04 Å². The van der Waals surface area contributed by atoms with Gasteiger partial charge in [-0.05, 0) is 31.0 Å². The first-order valence-corrected chi connectivity index (χ1v) is 4.97. The predicted octanol–water partition coefficient (Wildman–Crippen LogP) is 2.99. The van der Waals surface area contributed by atoms with E-state index < -0.39 is 0 Å². The van der Waals surface area contributed by atoms with Gasteiger partial charge in [-0.25, -0.2) is 0 Å². The molecule has 0 aromatic heterocycles. The van der Waals surface area contributed by atoms with E-state index in [0.717, 1.165) is 21.5 Å². The number of nitrogens with two attached hydrogens (primary N) is 1. The third-order valence-electron chi connectivity index (χ3n) is 1.59. The SMILES string of the molecule is CC(N)Cc1c(Cl)cccc1Br. The van der Waals surface area contributed by atoms with Crippen LogP contribution in [0.3, 0.4) is 0 Å². The van der Waals surface area contributed by atoms with Gasteiger partial charge in [0.15, 0.2) is 0 Å². The lowest BCUT2D eigenvalue weighted by Crippen LogP contribution is -2.18. The van der Waals surface area contributed by atoms with Crippen LogP contribution < -0.4 is 5.73 Å². The van der Waals surface area contributed by atoms with Crippen LogP contribution in [0.15, 0.2) is 22.7 Å². The summed E-state index contributed by atoms with van der Waals surface area (Å²) in [6, 6.07) is 5.91. The average molecular weight is 249 g/mol. The second kappa shape index (κ2) is 4.26. The summed E-state index contributed by atoms with van der Waals surface area (Å²) in [6.45, 7) is 1.97. The maximum atomic E-state index is 5.99. The molecule has 1 atom stereocenters. The number of hydrogen-bond donors (Lipinski definition) is 1. The normalized spacial score (nSPS) is 13.0. The molecule has 0 aliphatic heterocycles. The van der Waals surface area contributed by atoms with E-state index in [2.05, 4.69) is 15.9 Å². The fraction of sp³-hybridized carbons (Fsp3) is 0.333. The molecule has 0 spiro atoms. The zero-order valence-electron chi connectivity index (χ0n) is 6.85. The van der Waals surface area contributed by atoms with Crippen molar-refractivity contribution in [3.8, 4) is 0 Å². The smallest absolute Gasteiger partial charge is 0.0449 e. The van der Waals surface area contributed by atoms with E-state index in [4.69, 9.17) is 17.3 Å². The van der Waals surface area contributed by atoms with Gasteiger partial charge >= 0.3 is 0 Å². The van der Waals surface area contributed by atoms with Crippen LogP contribution in [0, 0.1) is 0 Å². The number of hydrogen-bond acceptors (Lipinski definition) is 1. The molecule has 1 rings (SSSR count). The van der Waals surface area contributed by atoms with Gasteiger partial charge in [-0.15, -0.1) is 0 Å². The highest BCUT2D eigenvalue weighted by Crippen LogP contribution is 2.25. The molecule has 66 valence electrons. The Morgan fingerprint density at radius 1 is 1.58 bits per heavy atom. The summed E-state index contributed by atoms with van der Waals surface area (Å²) < 4.78 is 1.03. The van der Waals surface area contributed by atoms with Crippen molar-refractivity contribution in [2.75, 3.05) is 0 Å². The Morgan fingerprint density at radius 2 is 2.25 bits per heavy atom. The second-order valence-electron chi connectivity index (χ2n) is 2.88. The maximum Gasteiger partial charge on any atom is 0.0449 e. The molecule has 0 saturated heterocycles. The Kier molecular flexibility index (Phi) is 3.56. The Hall–Kier alpha value is -0.0500. The molecular formula is C9H11BrClN. The largest absolute Gasteiger partial charge is 0.328 e. The molecule has 1 aromatic carbocycles. The molecule has 1 unspecified atom stereocenters. The molecule has 0 fully saturated rings. The van der Waals surface area contributed by atoms with Gasteiger partial charge in [0.25, 0.3) is 0 Å². The predicted molar refractivity (Wildman–Crippen MR) is 56.5 cm³/mol. The molecule has 0 aliphatic carbocycles. The molecule has 12 heavy (non-hydrogen) atoms. The monoisotopic (exact) mass is 247 g/mol. The van der Waals surface area contributed by atoms with Crippen molar-refractivity contribution in [1.82, 2.24) is 0 Å². The molecule has 1 aromatic rings. The van der Waals surface area contributed by atoms with Crippen molar-refractivity contribution in [3.05, 3.63) is 33.3 Å². The zero-order valence-corrected chi connectivity index (χ0v) is 9.19. The Morgan fingerprint density at radius 3 is 2.75 bits per heavy atom. The van der Waals surface area contributed by atoms with Gasteiger partial charge in [-0.3, -0.25) is 0 Å². The minimum Gasteiger partial charge on any atom is -0.328 e. The summed E-state index contributed by atoms with van der Waals surface area (Å²) in [5, 5.41) is 0.779. The zero-order chi connectivity index (χ0) is 9.14.